The van der Waals surface area contributed by atoms with Crippen molar-refractivity contribution in [2.45, 2.75) is 64.6 Å². The maximum absolute atomic E-state index is 11.4. The number of carbonyl (C=O) groups excluding carboxylic acids is 1. The van der Waals surface area contributed by atoms with Crippen LogP contribution in [0.4, 0.5) is 0 Å². The quantitative estimate of drug-likeness (QED) is 0.732. The standard InChI is InChI=1S/C13H27N3O/c1-4-8-15-12(13(14)17)9-16-10(2)6-5-7-11(16)3/h10-12,15H,4-9H2,1-3H3,(H2,14,17). The smallest absolute Gasteiger partial charge is 0.235 e. The van der Waals surface area contributed by atoms with Crippen molar-refractivity contribution in [2.24, 2.45) is 5.73 Å². The van der Waals surface area contributed by atoms with Crippen LogP contribution >= 0.6 is 0 Å². The van der Waals surface area contributed by atoms with Crippen molar-refractivity contribution in [3.05, 3.63) is 0 Å². The van der Waals surface area contributed by atoms with Crippen LogP contribution in [-0.4, -0.2) is 42.0 Å². The highest BCUT2D eigenvalue weighted by atomic mass is 16.1. The fraction of sp³-hybridized carbons (Fsp3) is 0.923. The van der Waals surface area contributed by atoms with Gasteiger partial charge in [-0.05, 0) is 39.7 Å². The zero-order chi connectivity index (χ0) is 12.8. The Bertz CT molecular complexity index is 235. The third-order valence-corrected chi connectivity index (χ3v) is 3.75. The molecule has 4 heteroatoms. The molecule has 3 N–H and O–H groups in total. The molecule has 17 heavy (non-hydrogen) atoms. The predicted octanol–water partition coefficient (Wildman–Crippen LogP) is 1.10. The molecule has 0 bridgehead atoms. The Morgan fingerprint density at radius 2 is 2.00 bits per heavy atom. The number of hydrogen-bond donors (Lipinski definition) is 2. The summed E-state index contributed by atoms with van der Waals surface area (Å²) in [5.74, 6) is -0.233. The van der Waals surface area contributed by atoms with Gasteiger partial charge in [-0.15, -0.1) is 0 Å². The van der Waals surface area contributed by atoms with Gasteiger partial charge in [0, 0.05) is 18.6 Å². The van der Waals surface area contributed by atoms with Crippen LogP contribution in [0.3, 0.4) is 0 Å². The van der Waals surface area contributed by atoms with Gasteiger partial charge < -0.3 is 11.1 Å². The van der Waals surface area contributed by atoms with E-state index in [-0.39, 0.29) is 11.9 Å². The molecule has 0 spiro atoms. The molecule has 1 aliphatic heterocycles. The largest absolute Gasteiger partial charge is 0.368 e. The Balaban J connectivity index is 2.54. The zero-order valence-corrected chi connectivity index (χ0v) is 11.4. The van der Waals surface area contributed by atoms with Gasteiger partial charge in [-0.3, -0.25) is 9.69 Å². The molecule has 100 valence electrons. The number of amides is 1. The molecule has 0 aromatic heterocycles. The lowest BCUT2D eigenvalue weighted by atomic mass is 9.96. The first kappa shape index (κ1) is 14.5. The topological polar surface area (TPSA) is 58.4 Å². The molecule has 1 heterocycles. The van der Waals surface area contributed by atoms with Crippen LogP contribution in [0.2, 0.25) is 0 Å². The fourth-order valence-electron chi connectivity index (χ4n) is 2.62. The molecular weight excluding hydrogens is 214 g/mol. The van der Waals surface area contributed by atoms with E-state index in [0.717, 1.165) is 19.5 Å². The van der Waals surface area contributed by atoms with E-state index in [0.29, 0.717) is 12.1 Å². The van der Waals surface area contributed by atoms with Crippen molar-refractivity contribution in [1.29, 1.82) is 0 Å². The maximum atomic E-state index is 11.4. The van der Waals surface area contributed by atoms with E-state index in [1.54, 1.807) is 0 Å². The molecule has 0 aromatic rings. The number of primary amides is 1. The van der Waals surface area contributed by atoms with Crippen LogP contribution in [0.25, 0.3) is 0 Å². The number of hydrogen-bond acceptors (Lipinski definition) is 3. The SMILES string of the molecule is CCCNC(CN1C(C)CCCC1C)C(N)=O. The van der Waals surface area contributed by atoms with Gasteiger partial charge >= 0.3 is 0 Å². The predicted molar refractivity (Wildman–Crippen MR) is 70.8 cm³/mol. The van der Waals surface area contributed by atoms with Crippen LogP contribution in [0.1, 0.15) is 46.5 Å². The number of piperidine rings is 1. The van der Waals surface area contributed by atoms with Crippen LogP contribution in [0, 0.1) is 0 Å². The van der Waals surface area contributed by atoms with Crippen LogP contribution < -0.4 is 11.1 Å². The second kappa shape index (κ2) is 6.97. The van der Waals surface area contributed by atoms with Gasteiger partial charge in [0.2, 0.25) is 5.91 Å². The fourth-order valence-corrected chi connectivity index (χ4v) is 2.62. The first-order valence-electron chi connectivity index (χ1n) is 6.84. The summed E-state index contributed by atoms with van der Waals surface area (Å²) in [6, 6.07) is 0.908. The van der Waals surface area contributed by atoms with Gasteiger partial charge in [0.15, 0.2) is 0 Å². The molecule has 1 aliphatic rings. The Hall–Kier alpha value is -0.610. The highest BCUT2D eigenvalue weighted by Crippen LogP contribution is 2.22. The maximum Gasteiger partial charge on any atom is 0.235 e. The number of nitrogens with zero attached hydrogens (tertiary/aromatic N) is 1. The van der Waals surface area contributed by atoms with Gasteiger partial charge in [0.05, 0.1) is 6.04 Å². The normalized spacial score (nSPS) is 27.9. The Morgan fingerprint density at radius 3 is 2.47 bits per heavy atom. The number of likely N-dealkylation sites (tertiary alicyclic amines) is 1. The first-order valence-corrected chi connectivity index (χ1v) is 6.84. The van der Waals surface area contributed by atoms with Gasteiger partial charge in [0.25, 0.3) is 0 Å². The minimum Gasteiger partial charge on any atom is -0.368 e. The second-order valence-corrected chi connectivity index (χ2v) is 5.23. The van der Waals surface area contributed by atoms with Gasteiger partial charge in [-0.25, -0.2) is 0 Å². The summed E-state index contributed by atoms with van der Waals surface area (Å²) in [5, 5.41) is 3.24. The molecule has 0 aliphatic carbocycles. The molecule has 4 nitrogen and oxygen atoms in total. The summed E-state index contributed by atoms with van der Waals surface area (Å²) in [6.45, 7) is 8.18. The van der Waals surface area contributed by atoms with Crippen LogP contribution in [0.5, 0.6) is 0 Å². The Morgan fingerprint density at radius 1 is 1.41 bits per heavy atom. The lowest BCUT2D eigenvalue weighted by molar-refractivity contribution is -0.120. The van der Waals surface area contributed by atoms with E-state index < -0.39 is 0 Å². The van der Waals surface area contributed by atoms with E-state index in [1.165, 1.54) is 19.3 Å². The number of carbonyl (C=O) groups is 1. The summed E-state index contributed by atoms with van der Waals surface area (Å²) in [5.41, 5.74) is 5.46. The second-order valence-electron chi connectivity index (χ2n) is 5.23. The van der Waals surface area contributed by atoms with Gasteiger partial charge in [-0.2, -0.15) is 0 Å². The highest BCUT2D eigenvalue weighted by Gasteiger charge is 2.28. The number of nitrogens with one attached hydrogen (secondary N) is 1. The minimum absolute atomic E-state index is 0.210. The van der Waals surface area contributed by atoms with Crippen molar-refractivity contribution < 1.29 is 4.79 Å². The highest BCUT2D eigenvalue weighted by molar-refractivity contribution is 5.80. The molecule has 0 saturated carbocycles. The molecule has 1 rings (SSSR count). The van der Waals surface area contributed by atoms with Gasteiger partial charge in [-0.1, -0.05) is 13.3 Å². The van der Waals surface area contributed by atoms with Gasteiger partial charge in [0.1, 0.15) is 0 Å². The third kappa shape index (κ3) is 4.28. The Kier molecular flexibility index (Phi) is 5.92. The molecule has 1 amide bonds. The van der Waals surface area contributed by atoms with Crippen molar-refractivity contribution in [2.75, 3.05) is 13.1 Å². The average Bonchev–Trinajstić information content (AvgIpc) is 2.27. The zero-order valence-electron chi connectivity index (χ0n) is 11.4. The van der Waals surface area contributed by atoms with Crippen molar-refractivity contribution >= 4 is 5.91 Å². The molecule has 1 saturated heterocycles. The number of rotatable bonds is 6. The average molecular weight is 241 g/mol. The molecular formula is C13H27N3O. The summed E-state index contributed by atoms with van der Waals surface area (Å²) >= 11 is 0. The molecule has 0 aromatic carbocycles. The van der Waals surface area contributed by atoms with Crippen LogP contribution in [0.15, 0.2) is 0 Å². The molecule has 1 fully saturated rings. The number of nitrogens with two attached hydrogens (primary N) is 1. The molecule has 3 unspecified atom stereocenters. The van der Waals surface area contributed by atoms with Crippen molar-refractivity contribution in [1.82, 2.24) is 10.2 Å². The van der Waals surface area contributed by atoms with E-state index in [1.807, 2.05) is 0 Å². The summed E-state index contributed by atoms with van der Waals surface area (Å²) < 4.78 is 0. The minimum atomic E-state index is -0.233. The monoisotopic (exact) mass is 241 g/mol. The van der Waals surface area contributed by atoms with E-state index >= 15 is 0 Å². The lowest BCUT2D eigenvalue weighted by Crippen LogP contribution is -2.54. The first-order chi connectivity index (χ1) is 8.06. The molecule has 0 radical (unpaired) electrons. The third-order valence-electron chi connectivity index (χ3n) is 3.75. The van der Waals surface area contributed by atoms with E-state index in [2.05, 4.69) is 31.0 Å². The van der Waals surface area contributed by atoms with E-state index in [4.69, 9.17) is 5.73 Å². The van der Waals surface area contributed by atoms with Crippen LogP contribution in [-0.2, 0) is 4.79 Å². The van der Waals surface area contributed by atoms with Crippen molar-refractivity contribution in [3.63, 3.8) is 0 Å². The molecule has 3 atom stereocenters. The summed E-state index contributed by atoms with van der Waals surface area (Å²) in [6.07, 6.45) is 4.77. The Labute approximate surface area is 105 Å². The van der Waals surface area contributed by atoms with Crippen molar-refractivity contribution in [3.8, 4) is 0 Å². The van der Waals surface area contributed by atoms with E-state index in [9.17, 15) is 4.79 Å². The summed E-state index contributed by atoms with van der Waals surface area (Å²) in [4.78, 5) is 13.8. The summed E-state index contributed by atoms with van der Waals surface area (Å²) in [7, 11) is 0. The lowest BCUT2D eigenvalue weighted by Gasteiger charge is -2.40.